The van der Waals surface area contributed by atoms with E-state index < -0.39 is 0 Å². The van der Waals surface area contributed by atoms with Crippen LogP contribution in [0.3, 0.4) is 0 Å². The molecule has 2 unspecified atom stereocenters. The Hall–Kier alpha value is -2.49. The normalized spacial score (nSPS) is 23.1. The third-order valence-electron chi connectivity index (χ3n) is 5.64. The fraction of sp³-hybridized carbons (Fsp3) is 0.435. The molecule has 0 saturated heterocycles. The maximum Gasteiger partial charge on any atom is 0.196 e. The van der Waals surface area contributed by atoms with Gasteiger partial charge in [-0.25, -0.2) is 4.99 Å². The fourth-order valence-electron chi connectivity index (χ4n) is 3.75. The molecule has 0 spiro atoms. The quantitative estimate of drug-likeness (QED) is 0.400. The van der Waals surface area contributed by atoms with Crippen molar-refractivity contribution in [3.63, 3.8) is 0 Å². The fourth-order valence-corrected chi connectivity index (χ4v) is 3.75. The predicted octanol–water partition coefficient (Wildman–Crippen LogP) is 5.16. The van der Waals surface area contributed by atoms with Crippen LogP contribution in [-0.4, -0.2) is 23.1 Å². The Morgan fingerprint density at radius 1 is 0.963 bits per heavy atom. The molecule has 0 radical (unpaired) electrons. The zero-order valence-corrected chi connectivity index (χ0v) is 16.0. The van der Waals surface area contributed by atoms with Gasteiger partial charge >= 0.3 is 0 Å². The highest BCUT2D eigenvalue weighted by Crippen LogP contribution is 2.31. The minimum Gasteiger partial charge on any atom is -0.506 e. The minimum atomic E-state index is 0.247. The van der Waals surface area contributed by atoms with Crippen LogP contribution in [0, 0.1) is 5.92 Å². The van der Waals surface area contributed by atoms with Gasteiger partial charge in [0.1, 0.15) is 5.75 Å². The molecule has 0 heterocycles. The van der Waals surface area contributed by atoms with Crippen LogP contribution in [0.4, 0.5) is 5.69 Å². The van der Waals surface area contributed by atoms with Crippen molar-refractivity contribution in [3.05, 3.63) is 48.5 Å². The third-order valence-corrected chi connectivity index (χ3v) is 5.64. The van der Waals surface area contributed by atoms with Gasteiger partial charge in [-0.3, -0.25) is 0 Å². The van der Waals surface area contributed by atoms with Crippen molar-refractivity contribution in [2.24, 2.45) is 10.9 Å². The molecule has 0 aromatic heterocycles. The van der Waals surface area contributed by atoms with Gasteiger partial charge in [-0.15, -0.1) is 0 Å². The molecule has 4 nitrogen and oxygen atoms in total. The number of guanidine groups is 1. The molecule has 2 aliphatic rings. The zero-order valence-electron chi connectivity index (χ0n) is 16.0. The van der Waals surface area contributed by atoms with Crippen molar-refractivity contribution >= 4 is 11.6 Å². The number of phenolic OH excluding ortho intramolecular Hbond substituents is 1. The summed E-state index contributed by atoms with van der Waals surface area (Å²) in [7, 11) is 0. The van der Waals surface area contributed by atoms with E-state index in [4.69, 9.17) is 4.99 Å². The smallest absolute Gasteiger partial charge is 0.196 e. The SMILES string of the molecule is CC1CCCCC1N=C(Nc1cc(-c2ccccc2)ccc1O)NC1CC1. The van der Waals surface area contributed by atoms with Gasteiger partial charge in [-0.2, -0.15) is 0 Å². The molecule has 2 aliphatic carbocycles. The van der Waals surface area contributed by atoms with Crippen molar-refractivity contribution in [1.29, 1.82) is 0 Å². The largest absolute Gasteiger partial charge is 0.506 e. The number of nitrogens with one attached hydrogen (secondary N) is 2. The summed E-state index contributed by atoms with van der Waals surface area (Å²) in [5, 5.41) is 17.3. The summed E-state index contributed by atoms with van der Waals surface area (Å²) in [5.41, 5.74) is 2.91. The van der Waals surface area contributed by atoms with E-state index in [-0.39, 0.29) is 5.75 Å². The van der Waals surface area contributed by atoms with Crippen LogP contribution >= 0.6 is 0 Å². The van der Waals surface area contributed by atoms with Gasteiger partial charge < -0.3 is 15.7 Å². The molecule has 0 aliphatic heterocycles. The van der Waals surface area contributed by atoms with Crippen molar-refractivity contribution in [1.82, 2.24) is 5.32 Å². The average Bonchev–Trinajstić information content (AvgIpc) is 3.50. The molecule has 27 heavy (non-hydrogen) atoms. The number of phenols is 1. The van der Waals surface area contributed by atoms with E-state index in [0.717, 1.165) is 23.5 Å². The molecule has 2 aromatic rings. The number of anilines is 1. The molecular weight excluding hydrogens is 334 g/mol. The zero-order chi connectivity index (χ0) is 18.6. The first-order valence-corrected chi connectivity index (χ1v) is 10.2. The number of hydrogen-bond donors (Lipinski definition) is 3. The molecule has 3 N–H and O–H groups in total. The molecule has 2 aromatic carbocycles. The summed E-state index contributed by atoms with van der Waals surface area (Å²) in [6.07, 6.45) is 7.35. The monoisotopic (exact) mass is 363 g/mol. The third kappa shape index (κ3) is 4.62. The second-order valence-electron chi connectivity index (χ2n) is 7.95. The van der Waals surface area contributed by atoms with E-state index in [1.165, 1.54) is 32.1 Å². The summed E-state index contributed by atoms with van der Waals surface area (Å²) >= 11 is 0. The number of benzene rings is 2. The van der Waals surface area contributed by atoms with Gasteiger partial charge in [-0.1, -0.05) is 56.2 Å². The molecule has 0 bridgehead atoms. The molecule has 2 fully saturated rings. The van der Waals surface area contributed by atoms with Gasteiger partial charge in [0, 0.05) is 6.04 Å². The van der Waals surface area contributed by atoms with Gasteiger partial charge in [0.05, 0.1) is 11.7 Å². The first kappa shape index (κ1) is 17.9. The first-order valence-electron chi connectivity index (χ1n) is 10.2. The molecular formula is C23H29N3O. The molecule has 4 heteroatoms. The lowest BCUT2D eigenvalue weighted by Gasteiger charge is -2.26. The van der Waals surface area contributed by atoms with Crippen molar-refractivity contribution in [3.8, 4) is 16.9 Å². The van der Waals surface area contributed by atoms with Gasteiger partial charge in [0.15, 0.2) is 5.96 Å². The topological polar surface area (TPSA) is 56.7 Å². The van der Waals surface area contributed by atoms with Crippen LogP contribution in [0.5, 0.6) is 5.75 Å². The standard InChI is InChI=1S/C23H29N3O/c1-16-7-5-6-10-20(16)25-23(24-19-12-13-19)26-21-15-18(11-14-22(21)27)17-8-3-2-4-9-17/h2-4,8-9,11,14-16,19-20,27H,5-7,10,12-13H2,1H3,(H2,24,25,26). The first-order chi connectivity index (χ1) is 13.2. The van der Waals surface area contributed by atoms with Crippen LogP contribution in [0.25, 0.3) is 11.1 Å². The molecule has 142 valence electrons. The lowest BCUT2D eigenvalue weighted by atomic mass is 9.86. The maximum atomic E-state index is 10.4. The Labute approximate surface area is 161 Å². The van der Waals surface area contributed by atoms with E-state index >= 15 is 0 Å². The van der Waals surface area contributed by atoms with Crippen LogP contribution in [0.15, 0.2) is 53.5 Å². The number of aromatic hydroxyl groups is 1. The molecule has 0 amide bonds. The minimum absolute atomic E-state index is 0.247. The summed E-state index contributed by atoms with van der Waals surface area (Å²) < 4.78 is 0. The number of rotatable bonds is 4. The van der Waals surface area contributed by atoms with Crippen LogP contribution in [0.1, 0.15) is 45.4 Å². The second kappa shape index (κ2) is 8.03. The van der Waals surface area contributed by atoms with Crippen LogP contribution < -0.4 is 10.6 Å². The van der Waals surface area contributed by atoms with E-state index in [1.54, 1.807) is 6.07 Å². The Kier molecular flexibility index (Phi) is 5.33. The summed E-state index contributed by atoms with van der Waals surface area (Å²) in [4.78, 5) is 5.02. The number of aliphatic imine (C=N–C) groups is 1. The van der Waals surface area contributed by atoms with Crippen molar-refractivity contribution in [2.75, 3.05) is 5.32 Å². The molecule has 2 saturated carbocycles. The lowest BCUT2D eigenvalue weighted by Crippen LogP contribution is -2.35. The molecule has 2 atom stereocenters. The Morgan fingerprint density at radius 2 is 1.74 bits per heavy atom. The van der Waals surface area contributed by atoms with E-state index in [9.17, 15) is 5.11 Å². The predicted molar refractivity (Wildman–Crippen MR) is 112 cm³/mol. The summed E-state index contributed by atoms with van der Waals surface area (Å²) in [6, 6.07) is 16.8. The lowest BCUT2D eigenvalue weighted by molar-refractivity contribution is 0.332. The maximum absolute atomic E-state index is 10.4. The highest BCUT2D eigenvalue weighted by atomic mass is 16.3. The Balaban J connectivity index is 1.58. The van der Waals surface area contributed by atoms with Crippen molar-refractivity contribution < 1.29 is 5.11 Å². The van der Waals surface area contributed by atoms with E-state index in [0.29, 0.717) is 23.7 Å². The summed E-state index contributed by atoms with van der Waals surface area (Å²) in [6.45, 7) is 2.30. The highest BCUT2D eigenvalue weighted by molar-refractivity contribution is 5.96. The van der Waals surface area contributed by atoms with Gasteiger partial charge in [0.25, 0.3) is 0 Å². The van der Waals surface area contributed by atoms with Crippen LogP contribution in [0.2, 0.25) is 0 Å². The molecule has 4 rings (SSSR count). The van der Waals surface area contributed by atoms with Gasteiger partial charge in [0.2, 0.25) is 0 Å². The Bertz CT molecular complexity index is 799. The second-order valence-corrected chi connectivity index (χ2v) is 7.95. The highest BCUT2D eigenvalue weighted by Gasteiger charge is 2.25. The van der Waals surface area contributed by atoms with E-state index in [2.05, 4.69) is 29.7 Å². The van der Waals surface area contributed by atoms with Crippen molar-refractivity contribution in [2.45, 2.75) is 57.5 Å². The van der Waals surface area contributed by atoms with Crippen LogP contribution in [-0.2, 0) is 0 Å². The average molecular weight is 364 g/mol. The Morgan fingerprint density at radius 3 is 2.48 bits per heavy atom. The number of hydrogen-bond acceptors (Lipinski definition) is 2. The number of nitrogens with zero attached hydrogens (tertiary/aromatic N) is 1. The van der Waals surface area contributed by atoms with E-state index in [1.807, 2.05) is 30.3 Å². The van der Waals surface area contributed by atoms with Gasteiger partial charge in [-0.05, 0) is 54.9 Å². The summed E-state index contributed by atoms with van der Waals surface area (Å²) in [5.74, 6) is 1.66.